The van der Waals surface area contributed by atoms with Gasteiger partial charge in [-0.15, -0.1) is 0 Å². The highest BCUT2D eigenvalue weighted by Crippen LogP contribution is 2.37. The summed E-state index contributed by atoms with van der Waals surface area (Å²) in [6.45, 7) is -0.595. The predicted octanol–water partition coefficient (Wildman–Crippen LogP) is 2.00. The molecule has 0 radical (unpaired) electrons. The lowest BCUT2D eigenvalue weighted by atomic mass is 9.96. The normalized spacial score (nSPS) is 24.9. The summed E-state index contributed by atoms with van der Waals surface area (Å²) in [6, 6.07) is 14.1. The molecule has 0 aliphatic carbocycles. The Hall–Kier alpha value is -3.04. The van der Waals surface area contributed by atoms with Crippen LogP contribution in [0.4, 0.5) is 0 Å². The Labute approximate surface area is 194 Å². The average molecular weight is 471 g/mol. The van der Waals surface area contributed by atoms with E-state index >= 15 is 0 Å². The van der Waals surface area contributed by atoms with Crippen LogP contribution in [0.15, 0.2) is 53.1 Å². The van der Waals surface area contributed by atoms with E-state index in [-0.39, 0.29) is 10.2 Å². The molecule has 0 saturated carbocycles. The van der Waals surface area contributed by atoms with E-state index in [9.17, 15) is 25.7 Å². The average Bonchev–Trinajstić information content (AvgIpc) is 3.37. The van der Waals surface area contributed by atoms with Crippen molar-refractivity contribution in [3.63, 3.8) is 0 Å². The van der Waals surface area contributed by atoms with Gasteiger partial charge < -0.3 is 38.9 Å². The summed E-state index contributed by atoms with van der Waals surface area (Å²) >= 11 is 5.64. The molecule has 4 N–H and O–H groups in total. The van der Waals surface area contributed by atoms with Crippen LogP contribution in [0.3, 0.4) is 0 Å². The molecule has 0 amide bonds. The van der Waals surface area contributed by atoms with E-state index in [0.29, 0.717) is 28.3 Å². The Bertz CT molecular complexity index is 1220. The van der Waals surface area contributed by atoms with Gasteiger partial charge in [0.25, 0.3) is 0 Å². The number of benzene rings is 1. The van der Waals surface area contributed by atoms with Crippen molar-refractivity contribution in [3.05, 3.63) is 58.9 Å². The van der Waals surface area contributed by atoms with Crippen molar-refractivity contribution >= 4 is 12.2 Å². The number of aromatic nitrogens is 1. The first-order chi connectivity index (χ1) is 15.9. The summed E-state index contributed by atoms with van der Waals surface area (Å²) in [4.78, 5) is 0. The van der Waals surface area contributed by atoms with Crippen LogP contribution in [0.1, 0.15) is 11.8 Å². The molecule has 4 rings (SSSR count). The zero-order valence-corrected chi connectivity index (χ0v) is 18.3. The lowest BCUT2D eigenvalue weighted by Crippen LogP contribution is -2.56. The second-order valence-electron chi connectivity index (χ2n) is 7.53. The van der Waals surface area contributed by atoms with E-state index in [2.05, 4.69) is 6.07 Å². The van der Waals surface area contributed by atoms with Gasteiger partial charge in [0, 0.05) is 5.56 Å². The fraction of sp³-hybridized carbons (Fsp3) is 0.304. The minimum atomic E-state index is -1.61. The SMILES string of the molecule is COc1ccc(-c2cc(-c3ccco3)c(C#N)c(=S)n2[C@@H]2O[C@H](CO)[C@@H](O)[C@H](O)[C@H]2O)cc1. The van der Waals surface area contributed by atoms with Crippen LogP contribution >= 0.6 is 12.2 Å². The van der Waals surface area contributed by atoms with Crippen molar-refractivity contribution < 1.29 is 34.3 Å². The Morgan fingerprint density at radius 3 is 2.42 bits per heavy atom. The second-order valence-corrected chi connectivity index (χ2v) is 7.92. The minimum Gasteiger partial charge on any atom is -0.497 e. The van der Waals surface area contributed by atoms with Crippen molar-refractivity contribution in [2.45, 2.75) is 30.6 Å². The maximum absolute atomic E-state index is 10.8. The summed E-state index contributed by atoms with van der Waals surface area (Å²) in [5, 5.41) is 50.8. The standard InChI is InChI=1S/C23H22N2O7S/c1-30-13-6-4-12(5-7-13)16-9-14(17-3-2-8-31-17)15(10-24)23(33)25(16)22-21(29)20(28)19(27)18(11-26)32-22/h2-9,18-22,26-29H,11H2,1H3/t18-,19-,20+,21-,22-/m1/s1. The number of aliphatic hydroxyl groups excluding tert-OH is 4. The maximum Gasteiger partial charge on any atom is 0.164 e. The molecule has 1 aliphatic heterocycles. The maximum atomic E-state index is 10.8. The summed E-state index contributed by atoms with van der Waals surface area (Å²) < 4.78 is 17.9. The molecule has 9 nitrogen and oxygen atoms in total. The lowest BCUT2D eigenvalue weighted by molar-refractivity contribution is -0.251. The summed E-state index contributed by atoms with van der Waals surface area (Å²) in [5.41, 5.74) is 1.65. The van der Waals surface area contributed by atoms with Gasteiger partial charge in [0.15, 0.2) is 6.23 Å². The number of nitriles is 1. The minimum absolute atomic E-state index is 0.0292. The Morgan fingerprint density at radius 1 is 1.12 bits per heavy atom. The molecule has 1 aromatic carbocycles. The molecule has 172 valence electrons. The molecule has 3 heterocycles. The largest absolute Gasteiger partial charge is 0.497 e. The monoisotopic (exact) mass is 470 g/mol. The third kappa shape index (κ3) is 4.06. The van der Waals surface area contributed by atoms with Gasteiger partial charge in [0.2, 0.25) is 0 Å². The van der Waals surface area contributed by atoms with E-state index in [1.165, 1.54) is 10.8 Å². The van der Waals surface area contributed by atoms with Gasteiger partial charge in [-0.2, -0.15) is 5.26 Å². The van der Waals surface area contributed by atoms with Crippen LogP contribution in [-0.4, -0.2) is 63.1 Å². The Morgan fingerprint density at radius 2 is 1.85 bits per heavy atom. The van der Waals surface area contributed by atoms with Crippen LogP contribution in [0.25, 0.3) is 22.6 Å². The van der Waals surface area contributed by atoms with Crippen molar-refractivity contribution in [2.24, 2.45) is 0 Å². The van der Waals surface area contributed by atoms with Gasteiger partial charge in [-0.1, -0.05) is 12.2 Å². The van der Waals surface area contributed by atoms with Crippen LogP contribution in [-0.2, 0) is 4.74 Å². The molecular weight excluding hydrogens is 448 g/mol. The molecular formula is C23H22N2O7S. The third-order valence-corrected chi connectivity index (χ3v) is 6.05. The number of nitrogens with zero attached hydrogens (tertiary/aromatic N) is 2. The molecule has 1 fully saturated rings. The van der Waals surface area contributed by atoms with Crippen LogP contribution < -0.4 is 4.74 Å². The lowest BCUT2D eigenvalue weighted by Gasteiger charge is -2.41. The first-order valence-electron chi connectivity index (χ1n) is 10.1. The van der Waals surface area contributed by atoms with Gasteiger partial charge in [0.1, 0.15) is 46.6 Å². The van der Waals surface area contributed by atoms with Gasteiger partial charge in [-0.25, -0.2) is 0 Å². The molecule has 10 heteroatoms. The summed E-state index contributed by atoms with van der Waals surface area (Å²) in [6.07, 6.45) is -5.69. The second kappa shape index (κ2) is 9.44. The highest BCUT2D eigenvalue weighted by Gasteiger charge is 2.45. The Kier molecular flexibility index (Phi) is 6.62. The molecule has 1 saturated heterocycles. The van der Waals surface area contributed by atoms with Gasteiger partial charge >= 0.3 is 0 Å². The van der Waals surface area contributed by atoms with E-state index in [1.54, 1.807) is 49.6 Å². The molecule has 2 aromatic heterocycles. The number of pyridine rings is 1. The number of hydrogen-bond donors (Lipinski definition) is 4. The fourth-order valence-corrected chi connectivity index (χ4v) is 4.25. The molecule has 5 atom stereocenters. The summed E-state index contributed by atoms with van der Waals surface area (Å²) in [7, 11) is 1.54. The van der Waals surface area contributed by atoms with Crippen LogP contribution in [0, 0.1) is 16.0 Å². The van der Waals surface area contributed by atoms with Crippen molar-refractivity contribution in [3.8, 4) is 34.4 Å². The quantitative estimate of drug-likeness (QED) is 0.412. The van der Waals surface area contributed by atoms with E-state index < -0.39 is 37.3 Å². The van der Waals surface area contributed by atoms with Crippen LogP contribution in [0.2, 0.25) is 0 Å². The van der Waals surface area contributed by atoms with Crippen LogP contribution in [0.5, 0.6) is 5.75 Å². The van der Waals surface area contributed by atoms with Crippen molar-refractivity contribution in [1.82, 2.24) is 4.57 Å². The van der Waals surface area contributed by atoms with E-state index in [0.717, 1.165) is 0 Å². The smallest absolute Gasteiger partial charge is 0.164 e. The topological polar surface area (TPSA) is 141 Å². The number of rotatable bonds is 5. The summed E-state index contributed by atoms with van der Waals surface area (Å²) in [5.74, 6) is 1.05. The first-order valence-corrected chi connectivity index (χ1v) is 10.5. The zero-order valence-electron chi connectivity index (χ0n) is 17.5. The fourth-order valence-electron chi connectivity index (χ4n) is 3.89. The highest BCUT2D eigenvalue weighted by atomic mass is 32.1. The molecule has 0 unspecified atom stereocenters. The number of ether oxygens (including phenoxy) is 2. The predicted molar refractivity (Wildman–Crippen MR) is 119 cm³/mol. The van der Waals surface area contributed by atoms with Gasteiger partial charge in [-0.05, 0) is 48.0 Å². The van der Waals surface area contributed by atoms with E-state index in [4.69, 9.17) is 26.1 Å². The number of furan rings is 1. The number of methoxy groups -OCH3 is 1. The molecule has 0 spiro atoms. The highest BCUT2D eigenvalue weighted by molar-refractivity contribution is 7.71. The third-order valence-electron chi connectivity index (χ3n) is 5.65. The Balaban J connectivity index is 1.99. The van der Waals surface area contributed by atoms with Gasteiger partial charge in [-0.3, -0.25) is 0 Å². The van der Waals surface area contributed by atoms with Crippen molar-refractivity contribution in [1.29, 1.82) is 5.26 Å². The van der Waals surface area contributed by atoms with Crippen molar-refractivity contribution in [2.75, 3.05) is 13.7 Å². The number of aliphatic hydroxyl groups is 4. The van der Waals surface area contributed by atoms with E-state index in [1.807, 2.05) is 0 Å². The van der Waals surface area contributed by atoms with Gasteiger partial charge in [0.05, 0.1) is 31.2 Å². The molecule has 1 aliphatic rings. The number of hydrogen-bond acceptors (Lipinski definition) is 9. The molecule has 0 bridgehead atoms. The zero-order chi connectivity index (χ0) is 23.7. The first kappa shape index (κ1) is 23.1. The molecule has 3 aromatic rings. The molecule has 33 heavy (non-hydrogen) atoms.